The number of ether oxygens (including phenoxy) is 2. The van der Waals surface area contributed by atoms with Crippen LogP contribution in [0, 0.1) is 0 Å². The van der Waals surface area contributed by atoms with Gasteiger partial charge in [-0.3, -0.25) is 4.98 Å². The second kappa shape index (κ2) is 6.56. The van der Waals surface area contributed by atoms with Crippen molar-refractivity contribution < 1.29 is 19.4 Å². The van der Waals surface area contributed by atoms with E-state index in [0.29, 0.717) is 6.61 Å². The first-order valence-corrected chi connectivity index (χ1v) is 6.22. The zero-order chi connectivity index (χ0) is 14.4. The third kappa shape index (κ3) is 3.47. The van der Waals surface area contributed by atoms with E-state index in [9.17, 15) is 4.79 Å². The molecule has 0 fully saturated rings. The first-order chi connectivity index (χ1) is 9.70. The predicted octanol–water partition coefficient (Wildman–Crippen LogP) is 2.76. The summed E-state index contributed by atoms with van der Waals surface area (Å²) >= 11 is 0. The van der Waals surface area contributed by atoms with Gasteiger partial charge >= 0.3 is 5.97 Å². The zero-order valence-corrected chi connectivity index (χ0v) is 11.1. The molecular formula is C15H15NO4. The van der Waals surface area contributed by atoms with Crippen LogP contribution in [-0.2, 0) is 6.61 Å². The van der Waals surface area contributed by atoms with E-state index in [1.807, 2.05) is 31.2 Å². The van der Waals surface area contributed by atoms with E-state index in [1.165, 1.54) is 18.5 Å². The molecule has 1 aromatic carbocycles. The van der Waals surface area contributed by atoms with Gasteiger partial charge in [0.25, 0.3) is 0 Å². The molecule has 1 N–H and O–H groups in total. The molecule has 1 aromatic heterocycles. The fraction of sp³-hybridized carbons (Fsp3) is 0.200. The maximum Gasteiger partial charge on any atom is 0.339 e. The molecule has 0 bridgehead atoms. The molecule has 0 radical (unpaired) electrons. The summed E-state index contributed by atoms with van der Waals surface area (Å²) in [4.78, 5) is 14.9. The lowest BCUT2D eigenvalue weighted by Crippen LogP contribution is -2.03. The molecular weight excluding hydrogens is 258 g/mol. The minimum atomic E-state index is -1.03. The van der Waals surface area contributed by atoms with Crippen molar-refractivity contribution in [2.75, 3.05) is 6.61 Å². The number of aromatic carboxylic acids is 1. The Labute approximate surface area is 116 Å². The Morgan fingerprint density at radius 3 is 2.60 bits per heavy atom. The van der Waals surface area contributed by atoms with Crippen molar-refractivity contribution >= 4 is 5.97 Å². The SMILES string of the molecule is CCOc1ccc(COc2cnccc2C(=O)O)cc1. The molecule has 0 atom stereocenters. The quantitative estimate of drug-likeness (QED) is 0.876. The highest BCUT2D eigenvalue weighted by Gasteiger charge is 2.10. The molecule has 0 amide bonds. The average molecular weight is 273 g/mol. The monoisotopic (exact) mass is 273 g/mol. The number of hydrogen-bond acceptors (Lipinski definition) is 4. The molecule has 0 spiro atoms. The maximum atomic E-state index is 11.0. The van der Waals surface area contributed by atoms with Gasteiger partial charge in [-0.2, -0.15) is 0 Å². The fourth-order valence-corrected chi connectivity index (χ4v) is 1.68. The summed E-state index contributed by atoms with van der Waals surface area (Å²) in [5, 5.41) is 9.03. The summed E-state index contributed by atoms with van der Waals surface area (Å²) in [6.45, 7) is 2.82. The summed E-state index contributed by atoms with van der Waals surface area (Å²) in [6, 6.07) is 8.87. The van der Waals surface area contributed by atoms with Gasteiger partial charge < -0.3 is 14.6 Å². The predicted molar refractivity (Wildman–Crippen MR) is 73.1 cm³/mol. The van der Waals surface area contributed by atoms with E-state index in [0.717, 1.165) is 11.3 Å². The van der Waals surface area contributed by atoms with Crippen LogP contribution >= 0.6 is 0 Å². The number of pyridine rings is 1. The first-order valence-electron chi connectivity index (χ1n) is 6.22. The van der Waals surface area contributed by atoms with E-state index >= 15 is 0 Å². The number of benzene rings is 1. The van der Waals surface area contributed by atoms with Crippen LogP contribution in [0.3, 0.4) is 0 Å². The van der Waals surface area contributed by atoms with Crippen molar-refractivity contribution in [1.29, 1.82) is 0 Å². The van der Waals surface area contributed by atoms with Crippen LogP contribution in [0.5, 0.6) is 11.5 Å². The van der Waals surface area contributed by atoms with Gasteiger partial charge in [-0.15, -0.1) is 0 Å². The molecule has 5 heteroatoms. The Balaban J connectivity index is 2.03. The third-order valence-electron chi connectivity index (χ3n) is 2.64. The van der Waals surface area contributed by atoms with Crippen LogP contribution in [0.4, 0.5) is 0 Å². The lowest BCUT2D eigenvalue weighted by Gasteiger charge is -2.09. The van der Waals surface area contributed by atoms with Crippen LogP contribution in [0.2, 0.25) is 0 Å². The third-order valence-corrected chi connectivity index (χ3v) is 2.64. The van der Waals surface area contributed by atoms with Crippen molar-refractivity contribution in [2.24, 2.45) is 0 Å². The molecule has 20 heavy (non-hydrogen) atoms. The molecule has 0 aliphatic rings. The van der Waals surface area contributed by atoms with Crippen molar-refractivity contribution in [3.8, 4) is 11.5 Å². The molecule has 0 saturated heterocycles. The van der Waals surface area contributed by atoms with Crippen LogP contribution in [0.25, 0.3) is 0 Å². The molecule has 0 aliphatic heterocycles. The number of carboxylic acid groups (broad SMARTS) is 1. The lowest BCUT2D eigenvalue weighted by atomic mass is 10.2. The average Bonchev–Trinajstić information content (AvgIpc) is 2.47. The standard InChI is InChI=1S/C15H15NO4/c1-2-19-12-5-3-11(4-6-12)10-20-14-9-16-8-7-13(14)15(17)18/h3-9H,2,10H2,1H3,(H,17,18). The fourth-order valence-electron chi connectivity index (χ4n) is 1.68. The van der Waals surface area contributed by atoms with Crippen LogP contribution in [-0.4, -0.2) is 22.7 Å². The lowest BCUT2D eigenvalue weighted by molar-refractivity contribution is 0.0691. The smallest absolute Gasteiger partial charge is 0.339 e. The van der Waals surface area contributed by atoms with Crippen LogP contribution in [0.1, 0.15) is 22.8 Å². The molecule has 1 heterocycles. The Morgan fingerprint density at radius 2 is 1.95 bits per heavy atom. The molecule has 2 rings (SSSR count). The van der Waals surface area contributed by atoms with Gasteiger partial charge in [0.05, 0.1) is 12.8 Å². The Hall–Kier alpha value is -2.56. The van der Waals surface area contributed by atoms with Gasteiger partial charge in [-0.05, 0) is 30.7 Å². The summed E-state index contributed by atoms with van der Waals surface area (Å²) in [5.41, 5.74) is 1.03. The molecule has 5 nitrogen and oxygen atoms in total. The van der Waals surface area contributed by atoms with Gasteiger partial charge in [0.15, 0.2) is 5.75 Å². The highest BCUT2D eigenvalue weighted by molar-refractivity contribution is 5.90. The molecule has 0 unspecified atom stereocenters. The largest absolute Gasteiger partial charge is 0.494 e. The van der Waals surface area contributed by atoms with Gasteiger partial charge in [0.1, 0.15) is 17.9 Å². The van der Waals surface area contributed by atoms with Crippen molar-refractivity contribution in [2.45, 2.75) is 13.5 Å². The van der Waals surface area contributed by atoms with Crippen molar-refractivity contribution in [1.82, 2.24) is 4.98 Å². The first kappa shape index (κ1) is 13.9. The van der Waals surface area contributed by atoms with E-state index in [4.69, 9.17) is 14.6 Å². The summed E-state index contributed by atoms with van der Waals surface area (Å²) in [7, 11) is 0. The normalized spacial score (nSPS) is 10.1. The van der Waals surface area contributed by atoms with Gasteiger partial charge in [0.2, 0.25) is 0 Å². The second-order valence-electron chi connectivity index (χ2n) is 4.04. The Kier molecular flexibility index (Phi) is 4.55. The molecule has 0 aliphatic carbocycles. The summed E-state index contributed by atoms with van der Waals surface area (Å²) in [5.74, 6) is 0.0202. The number of hydrogen-bond donors (Lipinski definition) is 1. The van der Waals surface area contributed by atoms with Crippen LogP contribution in [0.15, 0.2) is 42.7 Å². The van der Waals surface area contributed by atoms with E-state index < -0.39 is 5.97 Å². The molecule has 0 saturated carbocycles. The summed E-state index contributed by atoms with van der Waals surface area (Å²) < 4.78 is 10.8. The molecule has 2 aromatic rings. The van der Waals surface area contributed by atoms with Gasteiger partial charge in [-0.25, -0.2) is 4.79 Å². The molecule has 104 valence electrons. The van der Waals surface area contributed by atoms with E-state index in [1.54, 1.807) is 0 Å². The number of carboxylic acids is 1. The number of aromatic nitrogens is 1. The second-order valence-corrected chi connectivity index (χ2v) is 4.04. The van der Waals surface area contributed by atoms with Crippen molar-refractivity contribution in [3.05, 3.63) is 53.9 Å². The van der Waals surface area contributed by atoms with E-state index in [2.05, 4.69) is 4.98 Å². The van der Waals surface area contributed by atoms with Crippen LogP contribution < -0.4 is 9.47 Å². The topological polar surface area (TPSA) is 68.7 Å². The minimum absolute atomic E-state index is 0.103. The van der Waals surface area contributed by atoms with Gasteiger partial charge in [-0.1, -0.05) is 12.1 Å². The van der Waals surface area contributed by atoms with Gasteiger partial charge in [0, 0.05) is 6.20 Å². The number of rotatable bonds is 6. The van der Waals surface area contributed by atoms with Crippen molar-refractivity contribution in [3.63, 3.8) is 0 Å². The summed E-state index contributed by atoms with van der Waals surface area (Å²) in [6.07, 6.45) is 2.82. The minimum Gasteiger partial charge on any atom is -0.494 e. The van der Waals surface area contributed by atoms with E-state index in [-0.39, 0.29) is 17.9 Å². The highest BCUT2D eigenvalue weighted by Crippen LogP contribution is 2.19. The highest BCUT2D eigenvalue weighted by atomic mass is 16.5. The Bertz CT molecular complexity index is 581. The number of nitrogens with zero attached hydrogens (tertiary/aromatic N) is 1. The Morgan fingerprint density at radius 1 is 1.20 bits per heavy atom. The zero-order valence-electron chi connectivity index (χ0n) is 11.1. The number of carbonyl (C=O) groups is 1. The maximum absolute atomic E-state index is 11.0.